The number of nitrogens with zero attached hydrogens (tertiary/aromatic N) is 1. The van der Waals surface area contributed by atoms with Crippen molar-refractivity contribution in [3.63, 3.8) is 0 Å². The quantitative estimate of drug-likeness (QED) is 0.603. The van der Waals surface area contributed by atoms with Crippen LogP contribution >= 0.6 is 38.9 Å². The van der Waals surface area contributed by atoms with E-state index in [2.05, 4.69) is 20.7 Å². The molecule has 1 aromatic carbocycles. The number of hydrogen-bond donors (Lipinski definition) is 1. The number of thiophene rings is 1. The van der Waals surface area contributed by atoms with Crippen LogP contribution in [0, 0.1) is 17.0 Å². The number of nitro groups is 1. The molecular weight excluding hydrogens is 404 g/mol. The Morgan fingerprint density at radius 2 is 2.10 bits per heavy atom. The molecule has 0 aliphatic carbocycles. The first-order chi connectivity index (χ1) is 9.72. The molecule has 0 saturated heterocycles. The maximum absolute atomic E-state index is 12.3. The zero-order valence-corrected chi connectivity index (χ0v) is 14.4. The fraction of sp³-hybridized carbons (Fsp3) is 0.0909. The van der Waals surface area contributed by atoms with Gasteiger partial charge in [0.2, 0.25) is 0 Å². The average Bonchev–Trinajstić information content (AvgIpc) is 2.78. The van der Waals surface area contributed by atoms with E-state index in [9.17, 15) is 18.5 Å². The molecule has 0 atom stereocenters. The third-order valence-corrected chi connectivity index (χ3v) is 6.77. The van der Waals surface area contributed by atoms with Gasteiger partial charge in [0.05, 0.1) is 10.6 Å². The second kappa shape index (κ2) is 5.91. The maximum Gasteiger partial charge on any atom is 0.300 e. The van der Waals surface area contributed by atoms with Gasteiger partial charge < -0.3 is 0 Å². The van der Waals surface area contributed by atoms with Gasteiger partial charge in [-0.25, -0.2) is 8.42 Å². The molecule has 1 aromatic heterocycles. The highest BCUT2D eigenvalue weighted by Gasteiger charge is 2.25. The predicted octanol–water partition coefficient (Wildman–Crippen LogP) is 4.18. The Bertz CT molecular complexity index is 820. The monoisotopic (exact) mass is 410 g/mol. The third kappa shape index (κ3) is 3.37. The molecule has 0 saturated carbocycles. The van der Waals surface area contributed by atoms with E-state index in [0.29, 0.717) is 21.5 Å². The summed E-state index contributed by atoms with van der Waals surface area (Å²) in [6, 6.07) is 6.04. The number of rotatable bonds is 4. The van der Waals surface area contributed by atoms with Gasteiger partial charge in [0.15, 0.2) is 4.34 Å². The van der Waals surface area contributed by atoms with Gasteiger partial charge in [0.1, 0.15) is 4.21 Å². The normalized spacial score (nSPS) is 11.4. The molecule has 0 aliphatic rings. The summed E-state index contributed by atoms with van der Waals surface area (Å²) < 4.78 is 27.1. The first kappa shape index (κ1) is 16.2. The minimum absolute atomic E-state index is 0.177. The second-order valence-electron chi connectivity index (χ2n) is 4.02. The Balaban J connectivity index is 2.41. The van der Waals surface area contributed by atoms with Crippen LogP contribution in [-0.2, 0) is 10.0 Å². The second-order valence-corrected chi connectivity index (χ2v) is 8.38. The number of hydrogen-bond acceptors (Lipinski definition) is 5. The van der Waals surface area contributed by atoms with E-state index in [-0.39, 0.29) is 8.55 Å². The van der Waals surface area contributed by atoms with Crippen molar-refractivity contribution < 1.29 is 13.3 Å². The molecule has 0 aliphatic heterocycles. The molecule has 1 heterocycles. The first-order valence-electron chi connectivity index (χ1n) is 5.44. The highest BCUT2D eigenvalue weighted by Crippen LogP contribution is 2.37. The molecule has 21 heavy (non-hydrogen) atoms. The minimum Gasteiger partial charge on any atom is -0.278 e. The van der Waals surface area contributed by atoms with Crippen LogP contribution in [0.5, 0.6) is 0 Å². The van der Waals surface area contributed by atoms with Crippen LogP contribution in [0.15, 0.2) is 32.9 Å². The van der Waals surface area contributed by atoms with E-state index in [0.717, 1.165) is 11.6 Å². The minimum atomic E-state index is -3.94. The number of nitrogens with one attached hydrogen (secondary N) is 1. The summed E-state index contributed by atoms with van der Waals surface area (Å²) >= 11 is 9.61. The van der Waals surface area contributed by atoms with E-state index in [4.69, 9.17) is 11.6 Å². The van der Waals surface area contributed by atoms with Crippen LogP contribution in [0.25, 0.3) is 0 Å². The molecule has 0 radical (unpaired) electrons. The number of benzene rings is 1. The van der Waals surface area contributed by atoms with Crippen LogP contribution < -0.4 is 4.72 Å². The van der Waals surface area contributed by atoms with Gasteiger partial charge in [-0.05, 0) is 34.5 Å². The van der Waals surface area contributed by atoms with Crippen molar-refractivity contribution in [2.45, 2.75) is 11.1 Å². The fourth-order valence-corrected chi connectivity index (χ4v) is 4.75. The molecule has 0 bridgehead atoms. The van der Waals surface area contributed by atoms with Crippen molar-refractivity contribution in [3.8, 4) is 0 Å². The molecule has 112 valence electrons. The van der Waals surface area contributed by atoms with E-state index in [1.54, 1.807) is 12.1 Å². The van der Waals surface area contributed by atoms with Gasteiger partial charge in [-0.3, -0.25) is 14.8 Å². The molecule has 10 heteroatoms. The maximum atomic E-state index is 12.3. The fourth-order valence-electron chi connectivity index (χ4n) is 1.52. The highest BCUT2D eigenvalue weighted by molar-refractivity contribution is 9.10. The lowest BCUT2D eigenvalue weighted by atomic mass is 10.2. The SMILES string of the molecule is Cc1cccc(NS(=O)(=O)c2cc([N+](=O)[O-])c(Cl)s2)c1Br. The van der Waals surface area contributed by atoms with E-state index in [1.165, 1.54) is 0 Å². The van der Waals surface area contributed by atoms with Crippen LogP contribution in [-0.4, -0.2) is 13.3 Å². The zero-order valence-electron chi connectivity index (χ0n) is 10.5. The smallest absolute Gasteiger partial charge is 0.278 e. The number of halogens is 2. The standard InChI is InChI=1S/C11H8BrClN2O4S2/c1-6-3-2-4-7(10(6)12)14-21(18,19)9-5-8(15(16)17)11(13)20-9/h2-5,14H,1H3. The van der Waals surface area contributed by atoms with E-state index in [1.807, 2.05) is 13.0 Å². The van der Waals surface area contributed by atoms with Crippen molar-refractivity contribution in [2.75, 3.05) is 4.72 Å². The van der Waals surface area contributed by atoms with Crippen LogP contribution in [0.3, 0.4) is 0 Å². The Hall–Kier alpha value is -1.16. The summed E-state index contributed by atoms with van der Waals surface area (Å²) in [4.78, 5) is 10.0. The Morgan fingerprint density at radius 1 is 1.43 bits per heavy atom. The van der Waals surface area contributed by atoms with Gasteiger partial charge in [-0.15, -0.1) is 11.3 Å². The van der Waals surface area contributed by atoms with Gasteiger partial charge >= 0.3 is 0 Å². The summed E-state index contributed by atoms with van der Waals surface area (Å²) in [6.07, 6.45) is 0. The molecule has 0 spiro atoms. The van der Waals surface area contributed by atoms with Crippen molar-refractivity contribution >= 4 is 60.3 Å². The van der Waals surface area contributed by atoms with Crippen LogP contribution in [0.1, 0.15) is 5.56 Å². The zero-order chi connectivity index (χ0) is 15.8. The van der Waals surface area contributed by atoms with Gasteiger partial charge in [0, 0.05) is 10.5 Å². The van der Waals surface area contributed by atoms with Crippen LogP contribution in [0.4, 0.5) is 11.4 Å². The molecule has 0 amide bonds. The summed E-state index contributed by atoms with van der Waals surface area (Å²) in [5.74, 6) is 0. The van der Waals surface area contributed by atoms with Crippen molar-refractivity contribution in [1.82, 2.24) is 0 Å². The van der Waals surface area contributed by atoms with Crippen molar-refractivity contribution in [2.24, 2.45) is 0 Å². The van der Waals surface area contributed by atoms with Crippen molar-refractivity contribution in [3.05, 3.63) is 48.8 Å². The lowest BCUT2D eigenvalue weighted by Crippen LogP contribution is -2.12. The summed E-state index contributed by atoms with van der Waals surface area (Å²) in [5.41, 5.74) is 0.776. The number of aryl methyl sites for hydroxylation is 1. The van der Waals surface area contributed by atoms with Gasteiger partial charge in [0.25, 0.3) is 15.7 Å². The van der Waals surface area contributed by atoms with E-state index < -0.39 is 20.6 Å². The Labute approximate surface area is 138 Å². The largest absolute Gasteiger partial charge is 0.300 e. The highest BCUT2D eigenvalue weighted by atomic mass is 79.9. The lowest BCUT2D eigenvalue weighted by Gasteiger charge is -2.09. The molecule has 2 rings (SSSR count). The van der Waals surface area contributed by atoms with Crippen molar-refractivity contribution in [1.29, 1.82) is 0 Å². The summed E-state index contributed by atoms with van der Waals surface area (Å²) in [6.45, 7) is 1.81. The lowest BCUT2D eigenvalue weighted by molar-refractivity contribution is -0.384. The summed E-state index contributed by atoms with van der Waals surface area (Å²) in [5, 5.41) is 10.7. The topological polar surface area (TPSA) is 89.3 Å². The predicted molar refractivity (Wildman–Crippen MR) is 85.7 cm³/mol. The Kier molecular flexibility index (Phi) is 4.57. The Morgan fingerprint density at radius 3 is 2.67 bits per heavy atom. The molecule has 0 fully saturated rings. The molecule has 0 unspecified atom stereocenters. The average molecular weight is 412 g/mol. The van der Waals surface area contributed by atoms with Gasteiger partial charge in [-0.1, -0.05) is 23.7 Å². The van der Waals surface area contributed by atoms with Gasteiger partial charge in [-0.2, -0.15) is 0 Å². The summed E-state index contributed by atoms with van der Waals surface area (Å²) in [7, 11) is -3.94. The first-order valence-corrected chi connectivity index (χ1v) is 8.91. The molecule has 1 N–H and O–H groups in total. The molecular formula is C11H8BrClN2O4S2. The molecule has 6 nitrogen and oxygen atoms in total. The number of sulfonamides is 1. The molecule has 2 aromatic rings. The third-order valence-electron chi connectivity index (χ3n) is 2.54. The number of anilines is 1. The van der Waals surface area contributed by atoms with Crippen LogP contribution in [0.2, 0.25) is 4.34 Å². The van der Waals surface area contributed by atoms with E-state index >= 15 is 0 Å².